The van der Waals surface area contributed by atoms with Gasteiger partial charge in [-0.05, 0) is 31.5 Å². The van der Waals surface area contributed by atoms with Gasteiger partial charge >= 0.3 is 11.9 Å². The molecule has 1 aliphatic rings. The summed E-state index contributed by atoms with van der Waals surface area (Å²) in [6, 6.07) is 7.46. The van der Waals surface area contributed by atoms with E-state index in [-0.39, 0.29) is 26.4 Å². The van der Waals surface area contributed by atoms with Crippen LogP contribution >= 0.6 is 15.9 Å². The fraction of sp³-hybridized carbons (Fsp3) is 0.429. The Hall–Kier alpha value is -2.16. The number of rotatable bonds is 9. The zero-order valence-corrected chi connectivity index (χ0v) is 18.6. The summed E-state index contributed by atoms with van der Waals surface area (Å²) in [6.45, 7) is 4.39. The van der Waals surface area contributed by atoms with E-state index >= 15 is 0 Å². The summed E-state index contributed by atoms with van der Waals surface area (Å²) < 4.78 is 21.5. The van der Waals surface area contributed by atoms with Crippen molar-refractivity contribution < 1.29 is 28.5 Å². The van der Waals surface area contributed by atoms with Crippen LogP contribution in [0.2, 0.25) is 0 Å². The van der Waals surface area contributed by atoms with Gasteiger partial charge in [-0.1, -0.05) is 28.1 Å². The Morgan fingerprint density at radius 1 is 0.862 bits per heavy atom. The minimum Gasteiger partial charge on any atom is -0.460 e. The number of nitrogens with one attached hydrogen (secondary N) is 1. The van der Waals surface area contributed by atoms with Crippen LogP contribution in [-0.2, 0) is 28.5 Å². The number of hydrogen-bond acceptors (Lipinski definition) is 7. The van der Waals surface area contributed by atoms with E-state index in [9.17, 15) is 9.59 Å². The first-order chi connectivity index (χ1) is 13.9. The van der Waals surface area contributed by atoms with Crippen LogP contribution in [-0.4, -0.2) is 52.6 Å². The van der Waals surface area contributed by atoms with E-state index in [0.717, 1.165) is 10.0 Å². The molecular weight excluding hydrogens is 442 g/mol. The van der Waals surface area contributed by atoms with E-state index in [1.54, 1.807) is 13.8 Å². The van der Waals surface area contributed by atoms with Crippen molar-refractivity contribution in [3.05, 3.63) is 56.8 Å². The highest BCUT2D eigenvalue weighted by molar-refractivity contribution is 9.10. The Morgan fingerprint density at radius 2 is 1.31 bits per heavy atom. The number of allylic oxidation sites excluding steroid dienone is 2. The third-order valence-electron chi connectivity index (χ3n) is 4.44. The van der Waals surface area contributed by atoms with E-state index in [4.69, 9.17) is 18.9 Å². The lowest BCUT2D eigenvalue weighted by atomic mass is 9.80. The molecule has 29 heavy (non-hydrogen) atoms. The predicted octanol–water partition coefficient (Wildman–Crippen LogP) is 3.06. The minimum atomic E-state index is -0.616. The molecule has 0 aromatic heterocycles. The highest BCUT2D eigenvalue weighted by atomic mass is 79.9. The Kier molecular flexibility index (Phi) is 8.88. The molecule has 0 saturated carbocycles. The second-order valence-corrected chi connectivity index (χ2v) is 7.36. The number of carbonyl (C=O) groups excluding carboxylic acids is 2. The van der Waals surface area contributed by atoms with Crippen LogP contribution in [0.1, 0.15) is 25.3 Å². The van der Waals surface area contributed by atoms with E-state index < -0.39 is 17.9 Å². The van der Waals surface area contributed by atoms with Crippen LogP contribution in [0.3, 0.4) is 0 Å². The number of methoxy groups -OCH3 is 2. The average molecular weight is 468 g/mol. The number of ether oxygens (including phenoxy) is 4. The van der Waals surface area contributed by atoms with Crippen molar-refractivity contribution in [3.63, 3.8) is 0 Å². The molecule has 1 aromatic rings. The van der Waals surface area contributed by atoms with Gasteiger partial charge in [0.15, 0.2) is 0 Å². The Bertz CT molecular complexity index is 756. The molecule has 0 aliphatic carbocycles. The Balaban J connectivity index is 2.45. The number of halogens is 1. The van der Waals surface area contributed by atoms with Crippen molar-refractivity contribution >= 4 is 27.9 Å². The molecule has 0 atom stereocenters. The molecule has 0 fully saturated rings. The number of carbonyl (C=O) groups is 2. The molecule has 1 aromatic carbocycles. The quantitative estimate of drug-likeness (QED) is 0.441. The molecule has 0 spiro atoms. The van der Waals surface area contributed by atoms with Gasteiger partial charge in [-0.2, -0.15) is 0 Å². The first kappa shape index (κ1) is 23.1. The monoisotopic (exact) mass is 467 g/mol. The maximum atomic E-state index is 12.9. The number of esters is 2. The van der Waals surface area contributed by atoms with E-state index in [1.165, 1.54) is 14.2 Å². The van der Waals surface area contributed by atoms with Gasteiger partial charge in [0.2, 0.25) is 0 Å². The number of dihydropyridines is 1. The molecule has 1 aliphatic heterocycles. The van der Waals surface area contributed by atoms with Crippen molar-refractivity contribution in [2.24, 2.45) is 0 Å². The molecule has 8 heteroatoms. The van der Waals surface area contributed by atoms with Crippen molar-refractivity contribution in [1.29, 1.82) is 0 Å². The van der Waals surface area contributed by atoms with Crippen LogP contribution in [0.5, 0.6) is 0 Å². The van der Waals surface area contributed by atoms with Gasteiger partial charge in [-0.3, -0.25) is 0 Å². The molecule has 0 amide bonds. The maximum Gasteiger partial charge on any atom is 0.336 e. The second-order valence-electron chi connectivity index (χ2n) is 6.44. The van der Waals surface area contributed by atoms with Crippen LogP contribution in [0.4, 0.5) is 0 Å². The molecule has 0 radical (unpaired) electrons. The summed E-state index contributed by atoms with van der Waals surface area (Å²) in [6.07, 6.45) is 0. The molecular formula is C21H26BrNO6. The van der Waals surface area contributed by atoms with Gasteiger partial charge in [-0.25, -0.2) is 9.59 Å². The molecule has 1 heterocycles. The fourth-order valence-electron chi connectivity index (χ4n) is 3.11. The predicted molar refractivity (Wildman–Crippen MR) is 111 cm³/mol. The molecule has 1 N–H and O–H groups in total. The van der Waals surface area contributed by atoms with Gasteiger partial charge in [-0.15, -0.1) is 0 Å². The van der Waals surface area contributed by atoms with Gasteiger partial charge < -0.3 is 24.3 Å². The normalized spacial score (nSPS) is 14.7. The molecule has 0 bridgehead atoms. The minimum absolute atomic E-state index is 0.121. The highest BCUT2D eigenvalue weighted by Gasteiger charge is 2.38. The van der Waals surface area contributed by atoms with E-state index in [0.29, 0.717) is 22.5 Å². The molecule has 0 saturated heterocycles. The largest absolute Gasteiger partial charge is 0.460 e. The maximum absolute atomic E-state index is 12.9. The van der Waals surface area contributed by atoms with Crippen molar-refractivity contribution in [1.82, 2.24) is 5.32 Å². The third kappa shape index (κ3) is 5.91. The molecule has 158 valence electrons. The SMILES string of the molecule is COCCOC(=O)C1=C(C)NC(C)=C(C(=O)OCCOC)C1c1ccc(Br)cc1. The Morgan fingerprint density at radius 3 is 1.72 bits per heavy atom. The van der Waals surface area contributed by atoms with Crippen molar-refractivity contribution in [2.45, 2.75) is 19.8 Å². The third-order valence-corrected chi connectivity index (χ3v) is 4.97. The molecule has 2 rings (SSSR count). The highest BCUT2D eigenvalue weighted by Crippen LogP contribution is 2.39. The van der Waals surface area contributed by atoms with Crippen LogP contribution < -0.4 is 5.32 Å². The Labute approximate surface area is 179 Å². The lowest BCUT2D eigenvalue weighted by Gasteiger charge is -2.30. The lowest BCUT2D eigenvalue weighted by molar-refractivity contribution is -0.141. The topological polar surface area (TPSA) is 83.1 Å². The van der Waals surface area contributed by atoms with Gasteiger partial charge in [0, 0.05) is 30.1 Å². The summed E-state index contributed by atoms with van der Waals surface area (Å²) in [5.41, 5.74) is 2.78. The first-order valence-electron chi connectivity index (χ1n) is 9.16. The van der Waals surface area contributed by atoms with E-state index in [2.05, 4.69) is 21.2 Å². The van der Waals surface area contributed by atoms with Gasteiger partial charge in [0.05, 0.1) is 30.3 Å². The molecule has 0 unspecified atom stereocenters. The average Bonchev–Trinajstić information content (AvgIpc) is 2.68. The van der Waals surface area contributed by atoms with Crippen LogP contribution in [0.25, 0.3) is 0 Å². The smallest absolute Gasteiger partial charge is 0.336 e. The lowest BCUT2D eigenvalue weighted by Crippen LogP contribution is -2.33. The van der Waals surface area contributed by atoms with E-state index in [1.807, 2.05) is 24.3 Å². The second kappa shape index (κ2) is 11.1. The van der Waals surface area contributed by atoms with Crippen LogP contribution in [0, 0.1) is 0 Å². The summed E-state index contributed by atoms with van der Waals surface area (Å²) in [4.78, 5) is 25.8. The van der Waals surface area contributed by atoms with Gasteiger partial charge in [0.25, 0.3) is 0 Å². The van der Waals surface area contributed by atoms with Crippen molar-refractivity contribution in [2.75, 3.05) is 40.6 Å². The zero-order valence-electron chi connectivity index (χ0n) is 17.0. The molecule has 7 nitrogen and oxygen atoms in total. The number of hydrogen-bond donors (Lipinski definition) is 1. The summed E-state index contributed by atoms with van der Waals surface area (Å²) in [7, 11) is 3.07. The standard InChI is InChI=1S/C21H26BrNO6/c1-13-17(20(24)28-11-9-26-3)19(15-5-7-16(22)8-6-15)18(14(2)23-13)21(25)29-12-10-27-4/h5-8,19,23H,9-12H2,1-4H3. The number of benzene rings is 1. The first-order valence-corrected chi connectivity index (χ1v) is 9.96. The fourth-order valence-corrected chi connectivity index (χ4v) is 3.38. The summed E-state index contributed by atoms with van der Waals surface area (Å²) >= 11 is 3.42. The zero-order chi connectivity index (χ0) is 21.4. The summed E-state index contributed by atoms with van der Waals surface area (Å²) in [5.74, 6) is -1.63. The summed E-state index contributed by atoms with van der Waals surface area (Å²) in [5, 5.41) is 3.12. The van der Waals surface area contributed by atoms with Crippen LogP contribution in [0.15, 0.2) is 51.3 Å². The van der Waals surface area contributed by atoms with Gasteiger partial charge in [0.1, 0.15) is 13.2 Å². The van der Waals surface area contributed by atoms with Crippen molar-refractivity contribution in [3.8, 4) is 0 Å².